The van der Waals surface area contributed by atoms with Crippen molar-refractivity contribution in [2.45, 2.75) is 12.8 Å². The number of hydrogen-bond donors (Lipinski definition) is 2. The van der Waals surface area contributed by atoms with Gasteiger partial charge in [0.15, 0.2) is 5.13 Å². The summed E-state index contributed by atoms with van der Waals surface area (Å²) in [5, 5.41) is 9.36. The number of carbonyl (C=O) groups is 1. The lowest BCUT2D eigenvalue weighted by molar-refractivity contribution is 0.262. The van der Waals surface area contributed by atoms with Crippen LogP contribution in [-0.2, 0) is 12.8 Å². The number of anilines is 2. The summed E-state index contributed by atoms with van der Waals surface area (Å²) in [7, 11) is 0. The van der Waals surface area contributed by atoms with Gasteiger partial charge in [0.1, 0.15) is 0 Å². The number of urea groups is 1. The number of nitrogens with zero attached hydrogens (tertiary/aromatic N) is 1. The summed E-state index contributed by atoms with van der Waals surface area (Å²) in [5.41, 5.74) is 4.41. The summed E-state index contributed by atoms with van der Waals surface area (Å²) in [6.07, 6.45) is 2.17. The van der Waals surface area contributed by atoms with Gasteiger partial charge in [-0.25, -0.2) is 9.78 Å². The molecule has 2 N–H and O–H groups in total. The fourth-order valence-electron chi connectivity index (χ4n) is 3.55. The lowest BCUT2D eigenvalue weighted by atomic mass is 10.0. The van der Waals surface area contributed by atoms with E-state index in [1.165, 1.54) is 33.2 Å². The number of fused-ring (bicyclic) bond motifs is 2. The Balaban J connectivity index is 1.47. The minimum atomic E-state index is -0.316. The zero-order chi connectivity index (χ0) is 17.7. The zero-order valence-corrected chi connectivity index (χ0v) is 15.2. The maximum absolute atomic E-state index is 12.3. The molecule has 0 saturated heterocycles. The number of amides is 2. The number of aryl methyl sites for hydroxylation is 2. The predicted octanol–water partition coefficient (Wildman–Crippen LogP) is 5.85. The molecule has 0 radical (unpaired) electrons. The van der Waals surface area contributed by atoms with Crippen LogP contribution in [0.1, 0.15) is 11.1 Å². The van der Waals surface area contributed by atoms with E-state index in [2.05, 4.69) is 39.9 Å². The summed E-state index contributed by atoms with van der Waals surface area (Å²) in [6.45, 7) is 0. The van der Waals surface area contributed by atoms with Gasteiger partial charge in [0.05, 0.1) is 10.2 Å². The van der Waals surface area contributed by atoms with E-state index in [1.54, 1.807) is 24.3 Å². The number of aromatic nitrogens is 1. The van der Waals surface area contributed by atoms with Gasteiger partial charge in [-0.05, 0) is 59.7 Å². The van der Waals surface area contributed by atoms with Gasteiger partial charge >= 0.3 is 6.03 Å². The third-order valence-corrected chi connectivity index (χ3v) is 5.84. The van der Waals surface area contributed by atoms with Crippen LogP contribution in [0.5, 0.6) is 0 Å². The Labute approximate surface area is 158 Å². The highest BCUT2D eigenvalue weighted by Crippen LogP contribution is 2.39. The molecule has 0 bridgehead atoms. The highest BCUT2D eigenvalue weighted by atomic mass is 35.5. The first-order chi connectivity index (χ1) is 12.7. The molecule has 0 atom stereocenters. The number of benzene rings is 3. The molecule has 1 heterocycles. The maximum Gasteiger partial charge on any atom is 0.325 e. The Kier molecular flexibility index (Phi) is 3.58. The number of thiazole rings is 1. The molecule has 6 heteroatoms. The van der Waals surface area contributed by atoms with Crippen molar-refractivity contribution in [1.29, 1.82) is 0 Å². The van der Waals surface area contributed by atoms with Gasteiger partial charge in [-0.3, -0.25) is 5.32 Å². The molecule has 0 unspecified atom stereocenters. The standard InChI is InChI=1S/C20H14ClN3OS/c21-13-6-8-14(9-7-13)22-19(25)24-20-23-18-15-3-1-2-11-4-5-12(17(11)15)10-16(18)26-20/h1-3,6-10H,4-5H2,(H2,22,23,24,25). The molecular weight excluding hydrogens is 366 g/mol. The molecule has 0 aliphatic heterocycles. The molecule has 5 rings (SSSR count). The monoisotopic (exact) mass is 379 g/mol. The smallest absolute Gasteiger partial charge is 0.308 e. The molecular formula is C20H14ClN3OS. The van der Waals surface area contributed by atoms with Crippen LogP contribution in [0.4, 0.5) is 15.6 Å². The minimum Gasteiger partial charge on any atom is -0.308 e. The summed E-state index contributed by atoms with van der Waals surface area (Å²) < 4.78 is 1.10. The second-order valence-electron chi connectivity index (χ2n) is 6.33. The van der Waals surface area contributed by atoms with Crippen LogP contribution in [0.25, 0.3) is 21.0 Å². The van der Waals surface area contributed by atoms with Crippen molar-refractivity contribution >= 4 is 60.8 Å². The van der Waals surface area contributed by atoms with Crippen LogP contribution in [0.15, 0.2) is 48.5 Å². The summed E-state index contributed by atoms with van der Waals surface area (Å²) >= 11 is 7.36. The average Bonchev–Trinajstić information content (AvgIpc) is 3.22. The van der Waals surface area contributed by atoms with E-state index in [0.29, 0.717) is 15.8 Å². The van der Waals surface area contributed by atoms with Crippen LogP contribution in [0, 0.1) is 0 Å². The second kappa shape index (κ2) is 5.97. The van der Waals surface area contributed by atoms with E-state index in [9.17, 15) is 4.79 Å². The normalized spacial score (nSPS) is 12.7. The first-order valence-electron chi connectivity index (χ1n) is 8.35. The molecule has 1 aliphatic carbocycles. The highest BCUT2D eigenvalue weighted by molar-refractivity contribution is 7.22. The lowest BCUT2D eigenvalue weighted by Gasteiger charge is -2.05. The van der Waals surface area contributed by atoms with Crippen molar-refractivity contribution in [2.24, 2.45) is 0 Å². The largest absolute Gasteiger partial charge is 0.325 e. The number of halogens is 1. The topological polar surface area (TPSA) is 54.0 Å². The predicted molar refractivity (Wildman–Crippen MR) is 109 cm³/mol. The van der Waals surface area contributed by atoms with Gasteiger partial charge in [-0.15, -0.1) is 0 Å². The van der Waals surface area contributed by atoms with Crippen molar-refractivity contribution in [3.63, 3.8) is 0 Å². The van der Waals surface area contributed by atoms with Crippen molar-refractivity contribution < 1.29 is 4.79 Å². The highest BCUT2D eigenvalue weighted by Gasteiger charge is 2.18. The number of nitrogens with one attached hydrogen (secondary N) is 2. The third kappa shape index (κ3) is 2.60. The van der Waals surface area contributed by atoms with Gasteiger partial charge in [-0.1, -0.05) is 41.1 Å². The Morgan fingerprint density at radius 3 is 2.69 bits per heavy atom. The molecule has 4 nitrogen and oxygen atoms in total. The second-order valence-corrected chi connectivity index (χ2v) is 7.79. The number of carbonyl (C=O) groups excluding carboxylic acids is 1. The SMILES string of the molecule is O=C(Nc1ccc(Cl)cc1)Nc1nc2c(cc3c4c(cccc42)CC3)s1. The van der Waals surface area contributed by atoms with E-state index in [4.69, 9.17) is 11.6 Å². The molecule has 0 fully saturated rings. The van der Waals surface area contributed by atoms with Crippen molar-refractivity contribution in [1.82, 2.24) is 4.98 Å². The molecule has 128 valence electrons. The van der Waals surface area contributed by atoms with Gasteiger partial charge in [0.2, 0.25) is 0 Å². The quantitative estimate of drug-likeness (QED) is 0.459. The average molecular weight is 380 g/mol. The molecule has 3 aromatic carbocycles. The molecule has 2 amide bonds. The first kappa shape index (κ1) is 15.6. The van der Waals surface area contributed by atoms with Crippen molar-refractivity contribution in [2.75, 3.05) is 10.6 Å². The van der Waals surface area contributed by atoms with Crippen molar-refractivity contribution in [3.05, 3.63) is 64.7 Å². The maximum atomic E-state index is 12.3. The van der Waals surface area contributed by atoms with Crippen LogP contribution < -0.4 is 10.6 Å². The van der Waals surface area contributed by atoms with Gasteiger partial charge < -0.3 is 5.32 Å². The summed E-state index contributed by atoms with van der Waals surface area (Å²) in [4.78, 5) is 16.9. The number of rotatable bonds is 2. The lowest BCUT2D eigenvalue weighted by Crippen LogP contribution is -2.19. The molecule has 26 heavy (non-hydrogen) atoms. The van der Waals surface area contributed by atoms with E-state index in [1.807, 2.05) is 0 Å². The summed E-state index contributed by atoms with van der Waals surface area (Å²) in [5.74, 6) is 0. The van der Waals surface area contributed by atoms with Gasteiger partial charge in [0, 0.05) is 16.1 Å². The van der Waals surface area contributed by atoms with E-state index in [0.717, 1.165) is 23.1 Å². The molecule has 0 spiro atoms. The Morgan fingerprint density at radius 1 is 1.04 bits per heavy atom. The van der Waals surface area contributed by atoms with E-state index in [-0.39, 0.29) is 6.03 Å². The zero-order valence-electron chi connectivity index (χ0n) is 13.7. The van der Waals surface area contributed by atoms with Gasteiger partial charge in [0.25, 0.3) is 0 Å². The van der Waals surface area contributed by atoms with E-state index >= 15 is 0 Å². The van der Waals surface area contributed by atoms with Crippen LogP contribution in [0.3, 0.4) is 0 Å². The van der Waals surface area contributed by atoms with Crippen molar-refractivity contribution in [3.8, 4) is 0 Å². The Bertz CT molecular complexity index is 1170. The fraction of sp³-hybridized carbons (Fsp3) is 0.100. The minimum absolute atomic E-state index is 0.316. The van der Waals surface area contributed by atoms with Crippen LogP contribution in [-0.4, -0.2) is 11.0 Å². The van der Waals surface area contributed by atoms with Gasteiger partial charge in [-0.2, -0.15) is 0 Å². The fourth-order valence-corrected chi connectivity index (χ4v) is 4.62. The Morgan fingerprint density at radius 2 is 1.85 bits per heavy atom. The molecule has 1 aromatic heterocycles. The van der Waals surface area contributed by atoms with Crippen LogP contribution >= 0.6 is 22.9 Å². The third-order valence-electron chi connectivity index (χ3n) is 4.67. The molecule has 0 saturated carbocycles. The molecule has 4 aromatic rings. The summed E-state index contributed by atoms with van der Waals surface area (Å²) in [6, 6.07) is 15.3. The Hall–Kier alpha value is -2.63. The molecule has 1 aliphatic rings. The van der Waals surface area contributed by atoms with E-state index < -0.39 is 0 Å². The van der Waals surface area contributed by atoms with Crippen LogP contribution in [0.2, 0.25) is 5.02 Å². The number of hydrogen-bond acceptors (Lipinski definition) is 3. The first-order valence-corrected chi connectivity index (χ1v) is 9.54.